The highest BCUT2D eigenvalue weighted by Gasteiger charge is 2.42. The SMILES string of the molecule is Cn1c2c(c(=O)n(C)c1=O)C(c1cccc(F)c1)C1=C(CC(C)(C)CC1=O)N2. The van der Waals surface area contributed by atoms with Gasteiger partial charge in [-0.3, -0.25) is 18.7 Å². The average Bonchev–Trinajstić information content (AvgIpc) is 2.62. The summed E-state index contributed by atoms with van der Waals surface area (Å²) in [7, 11) is 2.99. The molecule has 0 amide bonds. The molecule has 1 aromatic heterocycles. The molecule has 0 bridgehead atoms. The molecule has 1 atom stereocenters. The molecule has 0 saturated heterocycles. The van der Waals surface area contributed by atoms with E-state index in [0.717, 1.165) is 4.57 Å². The van der Waals surface area contributed by atoms with Crippen LogP contribution in [-0.4, -0.2) is 14.9 Å². The van der Waals surface area contributed by atoms with Gasteiger partial charge in [0.2, 0.25) is 0 Å². The molecule has 2 aromatic rings. The summed E-state index contributed by atoms with van der Waals surface area (Å²) in [6.45, 7) is 4.01. The number of aromatic nitrogens is 2. The Morgan fingerprint density at radius 3 is 2.50 bits per heavy atom. The summed E-state index contributed by atoms with van der Waals surface area (Å²) in [5, 5.41) is 3.19. The maximum Gasteiger partial charge on any atom is 0.332 e. The monoisotopic (exact) mass is 383 g/mol. The van der Waals surface area contributed by atoms with Gasteiger partial charge in [0.05, 0.1) is 5.56 Å². The van der Waals surface area contributed by atoms with E-state index >= 15 is 0 Å². The van der Waals surface area contributed by atoms with Gasteiger partial charge < -0.3 is 5.32 Å². The van der Waals surface area contributed by atoms with Crippen molar-refractivity contribution in [3.63, 3.8) is 0 Å². The fraction of sp³-hybridized carbons (Fsp3) is 0.381. The summed E-state index contributed by atoms with van der Waals surface area (Å²) >= 11 is 0. The van der Waals surface area contributed by atoms with Crippen LogP contribution in [0.1, 0.15) is 43.7 Å². The third kappa shape index (κ3) is 2.65. The molecule has 2 aliphatic rings. The van der Waals surface area contributed by atoms with Crippen LogP contribution in [-0.2, 0) is 18.9 Å². The summed E-state index contributed by atoms with van der Waals surface area (Å²) in [6.07, 6.45) is 0.948. The van der Waals surface area contributed by atoms with E-state index in [1.54, 1.807) is 19.2 Å². The van der Waals surface area contributed by atoms with Crippen molar-refractivity contribution in [2.45, 2.75) is 32.6 Å². The second kappa shape index (κ2) is 6.02. The number of hydrogen-bond donors (Lipinski definition) is 1. The van der Waals surface area contributed by atoms with Crippen LogP contribution in [0.2, 0.25) is 0 Å². The number of carbonyl (C=O) groups excluding carboxylic acids is 1. The minimum Gasteiger partial charge on any atom is -0.344 e. The van der Waals surface area contributed by atoms with Crippen LogP contribution in [0.25, 0.3) is 0 Å². The van der Waals surface area contributed by atoms with Crippen molar-refractivity contribution in [2.75, 3.05) is 5.32 Å². The Labute approximate surface area is 161 Å². The van der Waals surface area contributed by atoms with Gasteiger partial charge in [-0.2, -0.15) is 0 Å². The molecule has 1 aromatic carbocycles. The zero-order valence-corrected chi connectivity index (χ0v) is 16.3. The number of hydrogen-bond acceptors (Lipinski definition) is 4. The predicted molar refractivity (Wildman–Crippen MR) is 104 cm³/mol. The molecule has 1 N–H and O–H groups in total. The first-order chi connectivity index (χ1) is 13.1. The molecule has 0 spiro atoms. The third-order valence-electron chi connectivity index (χ3n) is 5.65. The first-order valence-corrected chi connectivity index (χ1v) is 9.19. The Balaban J connectivity index is 2.09. The van der Waals surface area contributed by atoms with Crippen molar-refractivity contribution < 1.29 is 9.18 Å². The summed E-state index contributed by atoms with van der Waals surface area (Å²) in [4.78, 5) is 38.6. The van der Waals surface area contributed by atoms with Crippen LogP contribution in [0.5, 0.6) is 0 Å². The Bertz CT molecular complexity index is 1170. The van der Waals surface area contributed by atoms with Gasteiger partial charge >= 0.3 is 5.69 Å². The smallest absolute Gasteiger partial charge is 0.332 e. The van der Waals surface area contributed by atoms with E-state index in [1.807, 2.05) is 13.8 Å². The van der Waals surface area contributed by atoms with Crippen molar-refractivity contribution in [1.82, 2.24) is 9.13 Å². The summed E-state index contributed by atoms with van der Waals surface area (Å²) in [5.74, 6) is -0.845. The highest BCUT2D eigenvalue weighted by molar-refractivity contribution is 6.01. The third-order valence-corrected chi connectivity index (χ3v) is 5.65. The highest BCUT2D eigenvalue weighted by Crippen LogP contribution is 2.47. The van der Waals surface area contributed by atoms with Crippen LogP contribution >= 0.6 is 0 Å². The Morgan fingerprint density at radius 1 is 1.11 bits per heavy atom. The molecule has 0 saturated carbocycles. The van der Waals surface area contributed by atoms with Gasteiger partial charge in [0.1, 0.15) is 11.6 Å². The van der Waals surface area contributed by atoms with Gasteiger partial charge in [-0.15, -0.1) is 0 Å². The minimum absolute atomic E-state index is 0.0606. The van der Waals surface area contributed by atoms with Crippen LogP contribution < -0.4 is 16.6 Å². The maximum atomic E-state index is 14.0. The predicted octanol–water partition coefficient (Wildman–Crippen LogP) is 2.42. The topological polar surface area (TPSA) is 73.1 Å². The van der Waals surface area contributed by atoms with E-state index in [4.69, 9.17) is 0 Å². The second-order valence-corrected chi connectivity index (χ2v) is 8.41. The molecule has 0 radical (unpaired) electrons. The van der Waals surface area contributed by atoms with Crippen LogP contribution in [0.3, 0.4) is 0 Å². The molecule has 2 heterocycles. The lowest BCUT2D eigenvalue weighted by Gasteiger charge is -2.39. The Kier molecular flexibility index (Phi) is 3.96. The van der Waals surface area contributed by atoms with Crippen molar-refractivity contribution in [1.29, 1.82) is 0 Å². The number of fused-ring (bicyclic) bond motifs is 1. The molecular weight excluding hydrogens is 361 g/mol. The van der Waals surface area contributed by atoms with Gasteiger partial charge in [-0.1, -0.05) is 26.0 Å². The van der Waals surface area contributed by atoms with Crippen LogP contribution in [0.15, 0.2) is 45.1 Å². The largest absolute Gasteiger partial charge is 0.344 e. The van der Waals surface area contributed by atoms with Gasteiger partial charge in [0.15, 0.2) is 5.78 Å². The second-order valence-electron chi connectivity index (χ2n) is 8.41. The zero-order chi connectivity index (χ0) is 20.4. The first kappa shape index (κ1) is 18.4. The summed E-state index contributed by atoms with van der Waals surface area (Å²) in [6, 6.07) is 5.95. The van der Waals surface area contributed by atoms with E-state index < -0.39 is 23.0 Å². The number of nitrogens with zero attached hydrogens (tertiary/aromatic N) is 2. The van der Waals surface area contributed by atoms with E-state index in [1.165, 1.54) is 23.7 Å². The van der Waals surface area contributed by atoms with Crippen LogP contribution in [0, 0.1) is 11.2 Å². The number of allylic oxidation sites excluding steroid dienone is 2. The lowest BCUT2D eigenvalue weighted by Crippen LogP contribution is -2.45. The Hall–Kier alpha value is -2.96. The normalized spacial score (nSPS) is 20.5. The molecule has 1 aliphatic carbocycles. The molecule has 4 rings (SSSR count). The number of carbonyl (C=O) groups is 1. The number of nitrogens with one attached hydrogen (secondary N) is 1. The number of rotatable bonds is 1. The van der Waals surface area contributed by atoms with E-state index in [0.29, 0.717) is 41.1 Å². The van der Waals surface area contributed by atoms with Crippen molar-refractivity contribution in [3.8, 4) is 0 Å². The Morgan fingerprint density at radius 2 is 1.82 bits per heavy atom. The molecule has 1 aliphatic heterocycles. The summed E-state index contributed by atoms with van der Waals surface area (Å²) in [5.41, 5.74) is 0.829. The van der Waals surface area contributed by atoms with E-state index in [9.17, 15) is 18.8 Å². The van der Waals surface area contributed by atoms with E-state index in [-0.39, 0.29) is 11.2 Å². The maximum absolute atomic E-state index is 14.0. The first-order valence-electron chi connectivity index (χ1n) is 9.19. The summed E-state index contributed by atoms with van der Waals surface area (Å²) < 4.78 is 16.4. The molecular formula is C21H22FN3O3. The fourth-order valence-electron chi connectivity index (χ4n) is 4.37. The number of halogens is 1. The average molecular weight is 383 g/mol. The molecule has 6 nitrogen and oxygen atoms in total. The molecule has 7 heteroatoms. The molecule has 146 valence electrons. The van der Waals surface area contributed by atoms with Crippen molar-refractivity contribution >= 4 is 11.6 Å². The number of ketones is 1. The number of anilines is 1. The van der Waals surface area contributed by atoms with Crippen molar-refractivity contribution in [2.24, 2.45) is 19.5 Å². The zero-order valence-electron chi connectivity index (χ0n) is 16.3. The lowest BCUT2D eigenvalue weighted by molar-refractivity contribution is -0.118. The van der Waals surface area contributed by atoms with Crippen LogP contribution in [0.4, 0.5) is 10.2 Å². The standard InChI is InChI=1S/C21H22FN3O3/c1-21(2)9-13-16(14(26)10-21)15(11-6-5-7-12(22)8-11)17-18(23-13)24(3)20(28)25(4)19(17)27/h5-8,15,23H,9-10H2,1-4H3. The lowest BCUT2D eigenvalue weighted by atomic mass is 9.69. The van der Waals surface area contributed by atoms with Crippen molar-refractivity contribution in [3.05, 3.63) is 73.3 Å². The van der Waals surface area contributed by atoms with E-state index in [2.05, 4.69) is 5.32 Å². The molecule has 28 heavy (non-hydrogen) atoms. The minimum atomic E-state index is -0.712. The van der Waals surface area contributed by atoms with Gasteiger partial charge in [0.25, 0.3) is 5.56 Å². The highest BCUT2D eigenvalue weighted by atomic mass is 19.1. The number of benzene rings is 1. The van der Waals surface area contributed by atoms with Gasteiger partial charge in [-0.05, 0) is 29.5 Å². The quantitative estimate of drug-likeness (QED) is 0.821. The fourth-order valence-corrected chi connectivity index (χ4v) is 4.37. The molecule has 0 fully saturated rings. The van der Waals surface area contributed by atoms with Gasteiger partial charge in [0, 0.05) is 37.7 Å². The van der Waals surface area contributed by atoms with Gasteiger partial charge in [-0.25, -0.2) is 9.18 Å². The number of Topliss-reactive ketones (excluding diaryl/α,β-unsaturated/α-hetero) is 1. The molecule has 1 unspecified atom stereocenters.